The molecule has 9 heteroatoms. The summed E-state index contributed by atoms with van der Waals surface area (Å²) >= 11 is 0. The molecule has 5 rings (SSSR count). The molecule has 1 aliphatic heterocycles. The van der Waals surface area contributed by atoms with Crippen LogP contribution in [0.1, 0.15) is 10.4 Å². The predicted octanol–water partition coefficient (Wildman–Crippen LogP) is 1.50. The molecule has 0 radical (unpaired) electrons. The lowest BCUT2D eigenvalue weighted by molar-refractivity contribution is 0.0746. The molecule has 9 nitrogen and oxygen atoms in total. The quantitative estimate of drug-likeness (QED) is 0.584. The van der Waals surface area contributed by atoms with Gasteiger partial charge in [-0.1, -0.05) is 0 Å². The van der Waals surface area contributed by atoms with Crippen LogP contribution in [0.5, 0.6) is 0 Å². The molecule has 1 N–H and O–H groups in total. The Labute approximate surface area is 160 Å². The summed E-state index contributed by atoms with van der Waals surface area (Å²) < 4.78 is 1.56. The standard InChI is InChI=1S/C19H18N8O/c28-19(15-1-2-16-14(11-15)5-6-21-16)26-9-7-25(8-10-26)17-3-4-18(24-23-17)27-13-20-12-22-27/h1-6,11-13,21H,7-10H2. The maximum absolute atomic E-state index is 12.8. The first-order valence-corrected chi connectivity index (χ1v) is 9.08. The Morgan fingerprint density at radius 2 is 1.79 bits per heavy atom. The van der Waals surface area contributed by atoms with Crippen LogP contribution in [0.4, 0.5) is 5.82 Å². The highest BCUT2D eigenvalue weighted by atomic mass is 16.2. The molecule has 0 bridgehead atoms. The molecular formula is C19H18N8O. The Morgan fingerprint density at radius 1 is 0.964 bits per heavy atom. The second-order valence-corrected chi connectivity index (χ2v) is 6.65. The van der Waals surface area contributed by atoms with Crippen molar-refractivity contribution >= 4 is 22.6 Å². The fourth-order valence-electron chi connectivity index (χ4n) is 3.44. The highest BCUT2D eigenvalue weighted by molar-refractivity contribution is 5.98. The number of H-pyrrole nitrogens is 1. The number of carbonyl (C=O) groups excluding carboxylic acids is 1. The van der Waals surface area contributed by atoms with Crippen molar-refractivity contribution in [2.75, 3.05) is 31.1 Å². The summed E-state index contributed by atoms with van der Waals surface area (Å²) in [5, 5.41) is 13.6. The number of amides is 1. The number of nitrogens with one attached hydrogen (secondary N) is 1. The average Bonchev–Trinajstić information content (AvgIpc) is 3.45. The Morgan fingerprint density at radius 3 is 2.54 bits per heavy atom. The van der Waals surface area contributed by atoms with Crippen LogP contribution < -0.4 is 4.90 Å². The lowest BCUT2D eigenvalue weighted by Gasteiger charge is -2.35. The van der Waals surface area contributed by atoms with Crippen molar-refractivity contribution in [1.29, 1.82) is 0 Å². The van der Waals surface area contributed by atoms with Gasteiger partial charge in [-0.2, -0.15) is 5.10 Å². The van der Waals surface area contributed by atoms with E-state index >= 15 is 0 Å². The van der Waals surface area contributed by atoms with E-state index in [0.717, 1.165) is 35.4 Å². The zero-order valence-electron chi connectivity index (χ0n) is 15.1. The van der Waals surface area contributed by atoms with Gasteiger partial charge in [-0.3, -0.25) is 4.79 Å². The second kappa shape index (κ2) is 6.76. The van der Waals surface area contributed by atoms with E-state index in [2.05, 4.69) is 30.2 Å². The average molecular weight is 374 g/mol. The van der Waals surface area contributed by atoms with Crippen LogP contribution >= 0.6 is 0 Å². The molecule has 0 saturated carbocycles. The van der Waals surface area contributed by atoms with Gasteiger partial charge >= 0.3 is 0 Å². The number of anilines is 1. The largest absolute Gasteiger partial charge is 0.361 e. The minimum atomic E-state index is 0.0652. The topological polar surface area (TPSA) is 95.8 Å². The molecule has 0 unspecified atom stereocenters. The molecular weight excluding hydrogens is 356 g/mol. The van der Waals surface area contributed by atoms with Crippen LogP contribution in [0, 0.1) is 0 Å². The van der Waals surface area contributed by atoms with Crippen molar-refractivity contribution < 1.29 is 4.79 Å². The van der Waals surface area contributed by atoms with Gasteiger partial charge < -0.3 is 14.8 Å². The first-order chi connectivity index (χ1) is 13.8. The highest BCUT2D eigenvalue weighted by Gasteiger charge is 2.23. The van der Waals surface area contributed by atoms with Crippen LogP contribution in [0.3, 0.4) is 0 Å². The molecule has 0 spiro atoms. The third-order valence-corrected chi connectivity index (χ3v) is 4.98. The summed E-state index contributed by atoms with van der Waals surface area (Å²) in [5.41, 5.74) is 1.76. The van der Waals surface area contributed by atoms with Crippen molar-refractivity contribution in [2.45, 2.75) is 0 Å². The molecule has 1 fully saturated rings. The molecule has 1 amide bonds. The Hall–Kier alpha value is -3.75. The maximum Gasteiger partial charge on any atom is 0.253 e. The van der Waals surface area contributed by atoms with Crippen molar-refractivity contribution in [3.63, 3.8) is 0 Å². The highest BCUT2D eigenvalue weighted by Crippen LogP contribution is 2.18. The zero-order valence-corrected chi connectivity index (χ0v) is 15.1. The Bertz CT molecular complexity index is 1090. The van der Waals surface area contributed by atoms with Crippen molar-refractivity contribution in [3.8, 4) is 5.82 Å². The summed E-state index contributed by atoms with van der Waals surface area (Å²) in [7, 11) is 0. The van der Waals surface area contributed by atoms with Crippen LogP contribution in [-0.2, 0) is 0 Å². The molecule has 0 atom stereocenters. The molecule has 1 aliphatic rings. The van der Waals surface area contributed by atoms with E-state index in [4.69, 9.17) is 0 Å². The number of hydrogen-bond acceptors (Lipinski definition) is 6. The molecule has 0 aliphatic carbocycles. The third kappa shape index (κ3) is 2.96. The molecule has 28 heavy (non-hydrogen) atoms. The fraction of sp³-hybridized carbons (Fsp3) is 0.211. The Kier molecular flexibility index (Phi) is 3.97. The summed E-state index contributed by atoms with van der Waals surface area (Å²) in [5.74, 6) is 1.48. The van der Waals surface area contributed by atoms with Crippen LogP contribution in [0.15, 0.2) is 55.2 Å². The summed E-state index contributed by atoms with van der Waals surface area (Å²) in [6.07, 6.45) is 4.92. The monoisotopic (exact) mass is 374 g/mol. The number of nitrogens with zero attached hydrogens (tertiary/aromatic N) is 7. The summed E-state index contributed by atoms with van der Waals surface area (Å²) in [6, 6.07) is 11.5. The van der Waals surface area contributed by atoms with Gasteiger partial charge in [0.15, 0.2) is 11.6 Å². The molecule has 4 heterocycles. The molecule has 3 aromatic heterocycles. The zero-order chi connectivity index (χ0) is 18.9. The fourth-order valence-corrected chi connectivity index (χ4v) is 3.44. The normalized spacial score (nSPS) is 14.6. The SMILES string of the molecule is O=C(c1ccc2[nH]ccc2c1)N1CCN(c2ccc(-n3cncn3)nn2)CC1. The van der Waals surface area contributed by atoms with Gasteiger partial charge in [-0.05, 0) is 36.4 Å². The Balaban J connectivity index is 1.25. The van der Waals surface area contributed by atoms with E-state index in [1.165, 1.54) is 6.33 Å². The number of carbonyl (C=O) groups is 1. The minimum absolute atomic E-state index is 0.0652. The van der Waals surface area contributed by atoms with E-state index in [-0.39, 0.29) is 5.91 Å². The first-order valence-electron chi connectivity index (χ1n) is 9.08. The number of aromatic amines is 1. The number of benzene rings is 1. The van der Waals surface area contributed by atoms with E-state index in [0.29, 0.717) is 18.9 Å². The van der Waals surface area contributed by atoms with Gasteiger partial charge in [0.25, 0.3) is 5.91 Å². The van der Waals surface area contributed by atoms with Crippen molar-refractivity contribution in [1.82, 2.24) is 34.8 Å². The van der Waals surface area contributed by atoms with E-state index in [1.54, 1.807) is 11.0 Å². The third-order valence-electron chi connectivity index (χ3n) is 4.98. The second-order valence-electron chi connectivity index (χ2n) is 6.65. The van der Waals surface area contributed by atoms with Gasteiger partial charge in [0.1, 0.15) is 12.7 Å². The summed E-state index contributed by atoms with van der Waals surface area (Å²) in [6.45, 7) is 2.73. The number of rotatable bonds is 3. The van der Waals surface area contributed by atoms with E-state index in [9.17, 15) is 4.79 Å². The molecule has 4 aromatic rings. The van der Waals surface area contributed by atoms with E-state index in [1.807, 2.05) is 47.5 Å². The molecule has 1 saturated heterocycles. The van der Waals surface area contributed by atoms with Crippen molar-refractivity contribution in [2.24, 2.45) is 0 Å². The van der Waals surface area contributed by atoms with Crippen LogP contribution in [0.2, 0.25) is 0 Å². The van der Waals surface area contributed by atoms with Crippen LogP contribution in [-0.4, -0.2) is 66.9 Å². The first kappa shape index (κ1) is 16.4. The van der Waals surface area contributed by atoms with E-state index < -0.39 is 0 Å². The van der Waals surface area contributed by atoms with Gasteiger partial charge in [-0.25, -0.2) is 9.67 Å². The smallest absolute Gasteiger partial charge is 0.253 e. The molecule has 140 valence electrons. The number of piperazine rings is 1. The number of fused-ring (bicyclic) bond motifs is 1. The lowest BCUT2D eigenvalue weighted by Crippen LogP contribution is -2.49. The van der Waals surface area contributed by atoms with Gasteiger partial charge in [0.05, 0.1) is 0 Å². The summed E-state index contributed by atoms with van der Waals surface area (Å²) in [4.78, 5) is 23.9. The van der Waals surface area contributed by atoms with Gasteiger partial charge in [-0.15, -0.1) is 10.2 Å². The number of hydrogen-bond donors (Lipinski definition) is 1. The minimum Gasteiger partial charge on any atom is -0.361 e. The molecule has 1 aromatic carbocycles. The van der Waals surface area contributed by atoms with Gasteiger partial charge in [0.2, 0.25) is 0 Å². The lowest BCUT2D eigenvalue weighted by atomic mass is 10.1. The number of aromatic nitrogens is 6. The maximum atomic E-state index is 12.8. The van der Waals surface area contributed by atoms with Crippen LogP contribution in [0.25, 0.3) is 16.7 Å². The van der Waals surface area contributed by atoms with Gasteiger partial charge in [0, 0.05) is 48.8 Å². The van der Waals surface area contributed by atoms with Crippen molar-refractivity contribution in [3.05, 3.63) is 60.8 Å². The predicted molar refractivity (Wildman–Crippen MR) is 103 cm³/mol.